The molecule has 1 saturated carbocycles. The fraction of sp³-hybridized carbons (Fsp3) is 0.571. The first-order valence-corrected chi connectivity index (χ1v) is 9.86. The minimum absolute atomic E-state index is 0.0727. The second kappa shape index (κ2) is 4.41. The zero-order chi connectivity index (χ0) is 17.2. The third-order valence-corrected chi connectivity index (χ3v) is 8.22. The summed E-state index contributed by atoms with van der Waals surface area (Å²) in [7, 11) is 0. The molecule has 2 bridgehead atoms. The first kappa shape index (κ1) is 14.4. The highest BCUT2D eigenvalue weighted by molar-refractivity contribution is 5.99. The van der Waals surface area contributed by atoms with Crippen LogP contribution in [0.25, 0.3) is 0 Å². The number of fused-ring (bicyclic) bond motifs is 2. The van der Waals surface area contributed by atoms with Crippen molar-refractivity contribution in [1.82, 2.24) is 4.90 Å². The Morgan fingerprint density at radius 1 is 1.23 bits per heavy atom. The van der Waals surface area contributed by atoms with E-state index in [1.54, 1.807) is 0 Å². The van der Waals surface area contributed by atoms with Crippen LogP contribution in [0, 0.1) is 11.8 Å². The number of amides is 1. The topological polar surface area (TPSA) is 53.0 Å². The van der Waals surface area contributed by atoms with E-state index in [0.29, 0.717) is 13.0 Å². The van der Waals surface area contributed by atoms with Gasteiger partial charge in [0.25, 0.3) is 0 Å². The zero-order valence-electron chi connectivity index (χ0n) is 14.5. The van der Waals surface area contributed by atoms with Crippen LogP contribution in [0.5, 0.6) is 0 Å². The molecule has 1 spiro atoms. The number of para-hydroxylation sites is 1. The number of piperidine rings is 2. The van der Waals surface area contributed by atoms with Crippen LogP contribution < -0.4 is 4.90 Å². The number of nitrogens with zero attached hydrogens (tertiary/aromatic N) is 2. The molecule has 7 atom stereocenters. The number of hydrogen-bond acceptors (Lipinski definition) is 4. The normalized spacial score (nSPS) is 47.5. The van der Waals surface area contributed by atoms with E-state index in [0.717, 1.165) is 25.2 Å². The molecule has 5 nitrogen and oxygen atoms in total. The minimum atomic E-state index is -0.371. The van der Waals surface area contributed by atoms with Crippen molar-refractivity contribution < 1.29 is 14.6 Å². The number of anilines is 1. The molecule has 7 rings (SSSR count). The van der Waals surface area contributed by atoms with Crippen molar-refractivity contribution in [3.8, 4) is 0 Å². The summed E-state index contributed by atoms with van der Waals surface area (Å²) >= 11 is 0. The lowest BCUT2D eigenvalue weighted by Crippen LogP contribution is -2.73. The predicted molar refractivity (Wildman–Crippen MR) is 94.8 cm³/mol. The fourth-order valence-electron chi connectivity index (χ4n) is 7.60. The lowest BCUT2D eigenvalue weighted by atomic mass is 9.52. The Hall–Kier alpha value is -1.69. The molecular formula is C21H22N2O3. The molecule has 0 radical (unpaired) electrons. The summed E-state index contributed by atoms with van der Waals surface area (Å²) in [5.41, 5.74) is 3.55. The summed E-state index contributed by atoms with van der Waals surface area (Å²) in [6.07, 6.45) is 3.19. The molecule has 134 valence electrons. The Labute approximate surface area is 152 Å². The van der Waals surface area contributed by atoms with Crippen molar-refractivity contribution in [3.05, 3.63) is 41.5 Å². The fourth-order valence-corrected chi connectivity index (χ4v) is 7.60. The van der Waals surface area contributed by atoms with E-state index < -0.39 is 0 Å². The van der Waals surface area contributed by atoms with Gasteiger partial charge in [-0.3, -0.25) is 9.69 Å². The number of hydrogen-bond donors (Lipinski definition) is 1. The lowest BCUT2D eigenvalue weighted by molar-refractivity contribution is -0.143. The van der Waals surface area contributed by atoms with Gasteiger partial charge < -0.3 is 14.7 Å². The van der Waals surface area contributed by atoms with Crippen molar-refractivity contribution in [2.75, 3.05) is 24.6 Å². The van der Waals surface area contributed by atoms with E-state index in [2.05, 4.69) is 34.1 Å². The lowest BCUT2D eigenvalue weighted by Gasteiger charge is -2.60. The van der Waals surface area contributed by atoms with E-state index in [1.165, 1.54) is 11.1 Å². The maximum absolute atomic E-state index is 13.2. The third kappa shape index (κ3) is 1.33. The van der Waals surface area contributed by atoms with Gasteiger partial charge in [0.2, 0.25) is 5.91 Å². The first-order valence-electron chi connectivity index (χ1n) is 9.86. The number of benzene rings is 1. The molecule has 6 aliphatic rings. The van der Waals surface area contributed by atoms with Gasteiger partial charge in [0.05, 0.1) is 31.3 Å². The minimum Gasteiger partial charge on any atom is -0.391 e. The molecule has 1 aromatic rings. The molecule has 1 amide bonds. The number of carbonyl (C=O) groups is 1. The predicted octanol–water partition coefficient (Wildman–Crippen LogP) is 1.06. The van der Waals surface area contributed by atoms with Crippen molar-refractivity contribution in [1.29, 1.82) is 0 Å². The van der Waals surface area contributed by atoms with Crippen molar-refractivity contribution in [2.24, 2.45) is 11.8 Å². The largest absolute Gasteiger partial charge is 0.391 e. The van der Waals surface area contributed by atoms with Crippen LogP contribution in [-0.2, 0) is 14.9 Å². The van der Waals surface area contributed by atoms with Gasteiger partial charge in [0.15, 0.2) is 0 Å². The molecule has 26 heavy (non-hydrogen) atoms. The van der Waals surface area contributed by atoms with E-state index in [4.69, 9.17) is 4.74 Å². The summed E-state index contributed by atoms with van der Waals surface area (Å²) in [6.45, 7) is 2.51. The van der Waals surface area contributed by atoms with E-state index in [1.807, 2.05) is 6.07 Å². The Bertz CT molecular complexity index is 882. The first-order chi connectivity index (χ1) is 12.7. The number of aliphatic hydroxyl groups is 1. The van der Waals surface area contributed by atoms with Gasteiger partial charge in [-0.2, -0.15) is 0 Å². The average Bonchev–Trinajstić information content (AvgIpc) is 3.10. The molecular weight excluding hydrogens is 328 g/mol. The SMILES string of the molecule is O=C1C[C@@H]2OCC=C3CN4CC[C@]56c7ccccc7N1[C@H]5[C@H]2[C@H]3C(O)[C@H]46. The molecule has 1 aromatic carbocycles. The number of ether oxygens (including phenoxy) is 1. The van der Waals surface area contributed by atoms with Crippen molar-refractivity contribution in [2.45, 2.75) is 42.5 Å². The van der Waals surface area contributed by atoms with Crippen LogP contribution in [0.1, 0.15) is 18.4 Å². The standard InChI is InChI=1S/C21H22N2O3/c24-15-9-14-17-16-11(5-8-26-14)10-22-7-6-21(20(22)18(16)25)12-3-1-2-4-13(12)23(15)19(17)21/h1-5,14,16-20,25H,6-10H2/t14-,16-,17+,18?,19-,20-,21-/m0/s1. The number of aliphatic hydroxyl groups excluding tert-OH is 1. The second-order valence-electron chi connectivity index (χ2n) is 8.88. The maximum Gasteiger partial charge on any atom is 0.229 e. The molecule has 5 heteroatoms. The molecule has 5 heterocycles. The van der Waals surface area contributed by atoms with Crippen molar-refractivity contribution >= 4 is 11.6 Å². The van der Waals surface area contributed by atoms with Crippen LogP contribution in [0.4, 0.5) is 5.69 Å². The zero-order valence-corrected chi connectivity index (χ0v) is 14.5. The van der Waals surface area contributed by atoms with Gasteiger partial charge in [-0.15, -0.1) is 0 Å². The van der Waals surface area contributed by atoms with Gasteiger partial charge in [0, 0.05) is 35.5 Å². The summed E-state index contributed by atoms with van der Waals surface area (Å²) in [5, 5.41) is 11.5. The Kier molecular flexibility index (Phi) is 2.44. The van der Waals surface area contributed by atoms with Gasteiger partial charge in [-0.25, -0.2) is 0 Å². The van der Waals surface area contributed by atoms with E-state index >= 15 is 0 Å². The summed E-state index contributed by atoms with van der Waals surface area (Å²) in [5.74, 6) is 0.516. The maximum atomic E-state index is 13.2. The Morgan fingerprint density at radius 3 is 3.04 bits per heavy atom. The average molecular weight is 350 g/mol. The molecule has 1 unspecified atom stereocenters. The molecule has 1 aliphatic carbocycles. The Morgan fingerprint density at radius 2 is 2.12 bits per heavy atom. The quantitative estimate of drug-likeness (QED) is 0.711. The molecule has 5 aliphatic heterocycles. The third-order valence-electron chi connectivity index (χ3n) is 8.22. The van der Waals surface area contributed by atoms with E-state index in [9.17, 15) is 9.90 Å². The van der Waals surface area contributed by atoms with Crippen LogP contribution in [0.3, 0.4) is 0 Å². The molecule has 4 fully saturated rings. The summed E-state index contributed by atoms with van der Waals surface area (Å²) < 4.78 is 6.19. The van der Waals surface area contributed by atoms with Crippen LogP contribution in [0.15, 0.2) is 35.9 Å². The van der Waals surface area contributed by atoms with Crippen LogP contribution in [0.2, 0.25) is 0 Å². The van der Waals surface area contributed by atoms with Gasteiger partial charge in [-0.1, -0.05) is 29.8 Å². The van der Waals surface area contributed by atoms with Gasteiger partial charge in [-0.05, 0) is 24.6 Å². The Balaban J connectivity index is 1.57. The van der Waals surface area contributed by atoms with Crippen molar-refractivity contribution in [3.63, 3.8) is 0 Å². The highest BCUT2D eigenvalue weighted by Crippen LogP contribution is 2.65. The summed E-state index contributed by atoms with van der Waals surface area (Å²) in [6, 6.07) is 8.67. The van der Waals surface area contributed by atoms with Gasteiger partial charge >= 0.3 is 0 Å². The van der Waals surface area contributed by atoms with Crippen LogP contribution in [-0.4, -0.2) is 59.9 Å². The van der Waals surface area contributed by atoms with Gasteiger partial charge in [0.1, 0.15) is 0 Å². The molecule has 1 N–H and O–H groups in total. The van der Waals surface area contributed by atoms with Crippen LogP contribution >= 0.6 is 0 Å². The number of carbonyl (C=O) groups excluding carboxylic acids is 1. The number of rotatable bonds is 0. The molecule has 0 aromatic heterocycles. The smallest absolute Gasteiger partial charge is 0.229 e. The monoisotopic (exact) mass is 350 g/mol. The highest BCUT2D eigenvalue weighted by atomic mass is 16.5. The van der Waals surface area contributed by atoms with E-state index in [-0.39, 0.29) is 47.4 Å². The molecule has 3 saturated heterocycles. The second-order valence-corrected chi connectivity index (χ2v) is 8.88. The summed E-state index contributed by atoms with van der Waals surface area (Å²) in [4.78, 5) is 17.8. The highest BCUT2D eigenvalue weighted by Gasteiger charge is 2.73.